The quantitative estimate of drug-likeness (QED) is 0.583. The number of amidine groups is 1. The van der Waals surface area contributed by atoms with E-state index in [1.807, 2.05) is 31.2 Å². The number of carbonyl (C=O) groups is 1. The largest absolute Gasteiger partial charge is 0.387 e. The molecule has 1 amide bonds. The summed E-state index contributed by atoms with van der Waals surface area (Å²) in [6.45, 7) is 1.89. The molecule has 0 fully saturated rings. The molecule has 0 aliphatic rings. The van der Waals surface area contributed by atoms with E-state index in [0.717, 1.165) is 10.0 Å². The highest BCUT2D eigenvalue weighted by molar-refractivity contribution is 9.10. The summed E-state index contributed by atoms with van der Waals surface area (Å²) in [7, 11) is 0. The van der Waals surface area contributed by atoms with Gasteiger partial charge in [-0.15, -0.1) is 0 Å². The molecule has 0 spiro atoms. The molecule has 4 N–H and O–H groups in total. The maximum atomic E-state index is 11.4. The fourth-order valence-electron chi connectivity index (χ4n) is 1.30. The molecular weight excluding hydrogens is 270 g/mol. The Morgan fingerprint density at radius 3 is 2.56 bits per heavy atom. The van der Waals surface area contributed by atoms with Crippen LogP contribution in [-0.2, 0) is 4.79 Å². The van der Waals surface area contributed by atoms with Crippen molar-refractivity contribution in [3.63, 3.8) is 0 Å². The predicted molar refractivity (Wildman–Crippen MR) is 67.2 cm³/mol. The number of carbonyl (C=O) groups excluding carboxylic acids is 1. The third-order valence-corrected chi connectivity index (χ3v) is 2.63. The first-order valence-electron chi connectivity index (χ1n) is 4.86. The third kappa shape index (κ3) is 4.02. The molecular formula is C11H14BrN3O. The minimum atomic E-state index is -0.233. The van der Waals surface area contributed by atoms with Gasteiger partial charge in [-0.25, -0.2) is 0 Å². The van der Waals surface area contributed by atoms with Crippen LogP contribution in [0.5, 0.6) is 0 Å². The molecule has 1 atom stereocenters. The molecule has 0 saturated heterocycles. The van der Waals surface area contributed by atoms with Crippen molar-refractivity contribution in [3.05, 3.63) is 34.3 Å². The molecule has 86 valence electrons. The molecule has 1 aromatic rings. The van der Waals surface area contributed by atoms with Crippen LogP contribution in [0.1, 0.15) is 24.9 Å². The minimum Gasteiger partial charge on any atom is -0.387 e. The van der Waals surface area contributed by atoms with Crippen LogP contribution in [0.25, 0.3) is 0 Å². The Hall–Kier alpha value is -1.36. The Balaban J connectivity index is 2.58. The average molecular weight is 284 g/mol. The van der Waals surface area contributed by atoms with E-state index in [1.54, 1.807) is 0 Å². The van der Waals surface area contributed by atoms with Crippen molar-refractivity contribution in [2.75, 3.05) is 0 Å². The summed E-state index contributed by atoms with van der Waals surface area (Å²) in [5.41, 5.74) is 6.16. The molecule has 5 heteroatoms. The van der Waals surface area contributed by atoms with Crippen molar-refractivity contribution in [1.29, 1.82) is 5.41 Å². The summed E-state index contributed by atoms with van der Waals surface area (Å²) in [5.74, 6) is -0.358. The SMILES string of the molecule is C[C@H](NC(=O)CC(=N)N)c1ccc(Br)cc1. The van der Waals surface area contributed by atoms with E-state index < -0.39 is 0 Å². The van der Waals surface area contributed by atoms with Gasteiger partial charge in [0.15, 0.2) is 0 Å². The van der Waals surface area contributed by atoms with Crippen LogP contribution >= 0.6 is 15.9 Å². The number of nitrogens with two attached hydrogens (primary N) is 1. The highest BCUT2D eigenvalue weighted by Crippen LogP contribution is 2.16. The van der Waals surface area contributed by atoms with Crippen molar-refractivity contribution < 1.29 is 4.79 Å². The van der Waals surface area contributed by atoms with Crippen LogP contribution in [0, 0.1) is 5.41 Å². The lowest BCUT2D eigenvalue weighted by molar-refractivity contribution is -0.120. The average Bonchev–Trinajstić information content (AvgIpc) is 2.16. The van der Waals surface area contributed by atoms with Crippen molar-refractivity contribution >= 4 is 27.7 Å². The minimum absolute atomic E-state index is 0.0547. The third-order valence-electron chi connectivity index (χ3n) is 2.10. The molecule has 1 rings (SSSR count). The van der Waals surface area contributed by atoms with Crippen LogP contribution in [0.15, 0.2) is 28.7 Å². The zero-order valence-electron chi connectivity index (χ0n) is 8.96. The van der Waals surface area contributed by atoms with Gasteiger partial charge in [0, 0.05) is 4.47 Å². The zero-order valence-corrected chi connectivity index (χ0v) is 10.5. The topological polar surface area (TPSA) is 79.0 Å². The second kappa shape index (κ2) is 5.65. The number of halogens is 1. The van der Waals surface area contributed by atoms with Gasteiger partial charge in [-0.05, 0) is 24.6 Å². The van der Waals surface area contributed by atoms with Gasteiger partial charge in [-0.1, -0.05) is 28.1 Å². The molecule has 0 unspecified atom stereocenters. The van der Waals surface area contributed by atoms with E-state index >= 15 is 0 Å². The highest BCUT2D eigenvalue weighted by atomic mass is 79.9. The lowest BCUT2D eigenvalue weighted by Crippen LogP contribution is -2.30. The number of amides is 1. The number of hydrogen-bond acceptors (Lipinski definition) is 2. The Kier molecular flexibility index (Phi) is 4.49. The number of rotatable bonds is 4. The molecule has 0 aliphatic heterocycles. The first-order valence-corrected chi connectivity index (χ1v) is 5.66. The molecule has 0 aromatic heterocycles. The van der Waals surface area contributed by atoms with E-state index in [4.69, 9.17) is 11.1 Å². The Bertz CT molecular complexity index is 389. The maximum Gasteiger partial charge on any atom is 0.228 e. The van der Waals surface area contributed by atoms with Crippen molar-refractivity contribution in [2.45, 2.75) is 19.4 Å². The number of benzene rings is 1. The second-order valence-corrected chi connectivity index (χ2v) is 4.46. The lowest BCUT2D eigenvalue weighted by Gasteiger charge is -2.14. The smallest absolute Gasteiger partial charge is 0.228 e. The van der Waals surface area contributed by atoms with E-state index in [0.29, 0.717) is 0 Å². The van der Waals surface area contributed by atoms with E-state index in [-0.39, 0.29) is 24.2 Å². The van der Waals surface area contributed by atoms with Crippen LogP contribution in [-0.4, -0.2) is 11.7 Å². The van der Waals surface area contributed by atoms with Crippen molar-refractivity contribution in [3.8, 4) is 0 Å². The summed E-state index contributed by atoms with van der Waals surface area (Å²) in [6.07, 6.45) is -0.0547. The first kappa shape index (κ1) is 12.7. The number of hydrogen-bond donors (Lipinski definition) is 3. The summed E-state index contributed by atoms with van der Waals surface area (Å²) in [6, 6.07) is 7.62. The summed E-state index contributed by atoms with van der Waals surface area (Å²) in [4.78, 5) is 11.4. The van der Waals surface area contributed by atoms with Crippen LogP contribution < -0.4 is 11.1 Å². The highest BCUT2D eigenvalue weighted by Gasteiger charge is 2.09. The number of nitrogens with one attached hydrogen (secondary N) is 2. The first-order chi connectivity index (χ1) is 7.49. The molecule has 0 aliphatic carbocycles. The predicted octanol–water partition coefficient (Wildman–Crippen LogP) is 1.95. The zero-order chi connectivity index (χ0) is 12.1. The van der Waals surface area contributed by atoms with Crippen LogP contribution in [0.4, 0.5) is 0 Å². The fourth-order valence-corrected chi connectivity index (χ4v) is 1.56. The fraction of sp³-hybridized carbons (Fsp3) is 0.273. The van der Waals surface area contributed by atoms with E-state index in [1.165, 1.54) is 0 Å². The lowest BCUT2D eigenvalue weighted by atomic mass is 10.1. The molecule has 0 saturated carbocycles. The molecule has 0 bridgehead atoms. The van der Waals surface area contributed by atoms with Gasteiger partial charge in [0.1, 0.15) is 0 Å². The summed E-state index contributed by atoms with van der Waals surface area (Å²) < 4.78 is 0.999. The maximum absolute atomic E-state index is 11.4. The molecule has 0 radical (unpaired) electrons. The molecule has 4 nitrogen and oxygen atoms in total. The van der Waals surface area contributed by atoms with Gasteiger partial charge in [0.05, 0.1) is 18.3 Å². The molecule has 0 heterocycles. The van der Waals surface area contributed by atoms with Gasteiger partial charge in [-0.3, -0.25) is 10.2 Å². The van der Waals surface area contributed by atoms with Gasteiger partial charge < -0.3 is 11.1 Å². The Labute approximate surface area is 103 Å². The molecule has 1 aromatic carbocycles. The Morgan fingerprint density at radius 2 is 2.06 bits per heavy atom. The van der Waals surface area contributed by atoms with Gasteiger partial charge >= 0.3 is 0 Å². The van der Waals surface area contributed by atoms with Gasteiger partial charge in [-0.2, -0.15) is 0 Å². The van der Waals surface area contributed by atoms with Crippen molar-refractivity contribution in [1.82, 2.24) is 5.32 Å². The monoisotopic (exact) mass is 283 g/mol. The summed E-state index contributed by atoms with van der Waals surface area (Å²) >= 11 is 3.35. The molecule has 16 heavy (non-hydrogen) atoms. The van der Waals surface area contributed by atoms with E-state index in [9.17, 15) is 4.79 Å². The Morgan fingerprint density at radius 1 is 1.50 bits per heavy atom. The normalized spacial score (nSPS) is 11.9. The van der Waals surface area contributed by atoms with E-state index in [2.05, 4.69) is 21.2 Å². The second-order valence-electron chi connectivity index (χ2n) is 3.54. The van der Waals surface area contributed by atoms with Crippen LogP contribution in [0.2, 0.25) is 0 Å². The summed E-state index contributed by atoms with van der Waals surface area (Å²) in [5, 5.41) is 9.78. The standard InChI is InChI=1S/C11H14BrN3O/c1-7(15-11(16)6-10(13)14)8-2-4-9(12)5-3-8/h2-5,7H,6H2,1H3,(H3,13,14)(H,15,16)/t7-/m0/s1. The van der Waals surface area contributed by atoms with Crippen molar-refractivity contribution in [2.24, 2.45) is 5.73 Å². The van der Waals surface area contributed by atoms with Crippen LogP contribution in [0.3, 0.4) is 0 Å². The van der Waals surface area contributed by atoms with Gasteiger partial charge in [0.25, 0.3) is 0 Å². The van der Waals surface area contributed by atoms with Gasteiger partial charge in [0.2, 0.25) is 5.91 Å².